The van der Waals surface area contributed by atoms with Crippen LogP contribution in [-0.4, -0.2) is 22.9 Å². The van der Waals surface area contributed by atoms with Gasteiger partial charge in [0, 0.05) is 17.0 Å². The maximum absolute atomic E-state index is 11.5. The molecule has 1 atom stereocenters. The molecule has 1 aliphatic rings. The Labute approximate surface area is 161 Å². The van der Waals surface area contributed by atoms with Crippen molar-refractivity contribution in [3.05, 3.63) is 53.6 Å². The van der Waals surface area contributed by atoms with E-state index in [1.54, 1.807) is 0 Å². The van der Waals surface area contributed by atoms with Gasteiger partial charge in [0.25, 0.3) is 0 Å². The zero-order valence-electron chi connectivity index (χ0n) is 15.3. The smallest absolute Gasteiger partial charge is 0.222 e. The number of aromatic nitrogens is 2. The summed E-state index contributed by atoms with van der Waals surface area (Å²) in [6.07, 6.45) is 0.886. The van der Waals surface area contributed by atoms with E-state index in [9.17, 15) is 4.79 Å². The number of nitrogens with zero attached hydrogens (tertiary/aromatic N) is 2. The fourth-order valence-corrected chi connectivity index (χ4v) is 4.14. The second-order valence-electron chi connectivity index (χ2n) is 7.11. The number of ether oxygens (including phenoxy) is 1. The van der Waals surface area contributed by atoms with E-state index in [1.807, 2.05) is 42.5 Å². The van der Waals surface area contributed by atoms with E-state index < -0.39 is 0 Å². The molecule has 4 N–H and O–H groups in total. The quantitative estimate of drug-likeness (QED) is 0.518. The van der Waals surface area contributed by atoms with Crippen molar-refractivity contribution < 1.29 is 9.53 Å². The number of carbonyl (C=O) groups excluding carboxylic acids is 1. The first-order valence-corrected chi connectivity index (χ1v) is 9.08. The predicted molar refractivity (Wildman–Crippen MR) is 111 cm³/mol. The second-order valence-corrected chi connectivity index (χ2v) is 7.11. The van der Waals surface area contributed by atoms with Crippen LogP contribution in [0.3, 0.4) is 0 Å². The van der Waals surface area contributed by atoms with Crippen LogP contribution in [0.5, 0.6) is 5.75 Å². The van der Waals surface area contributed by atoms with Crippen LogP contribution in [-0.2, 0) is 0 Å². The molecule has 0 saturated carbocycles. The highest BCUT2D eigenvalue weighted by Gasteiger charge is 2.29. The zero-order chi connectivity index (χ0) is 19.4. The minimum Gasteiger partial charge on any atom is -0.492 e. The van der Waals surface area contributed by atoms with E-state index in [1.165, 1.54) is 0 Å². The number of hydrogen-bond donors (Lipinski definition) is 2. The van der Waals surface area contributed by atoms with Crippen LogP contribution in [0.15, 0.2) is 42.5 Å². The molecule has 138 valence electrons. The molecule has 1 aliphatic heterocycles. The van der Waals surface area contributed by atoms with Crippen molar-refractivity contribution in [2.24, 2.45) is 0 Å². The maximum atomic E-state index is 11.5. The molecule has 0 spiro atoms. The van der Waals surface area contributed by atoms with Gasteiger partial charge in [-0.25, -0.2) is 4.98 Å². The van der Waals surface area contributed by atoms with Crippen LogP contribution in [0.25, 0.3) is 32.8 Å². The zero-order valence-corrected chi connectivity index (χ0v) is 15.3. The molecule has 28 heavy (non-hydrogen) atoms. The summed E-state index contributed by atoms with van der Waals surface area (Å²) < 4.78 is 6.01. The van der Waals surface area contributed by atoms with Gasteiger partial charge in [0.05, 0.1) is 17.5 Å². The van der Waals surface area contributed by atoms with Gasteiger partial charge in [-0.05, 0) is 28.0 Å². The number of benzene rings is 3. The van der Waals surface area contributed by atoms with Crippen molar-refractivity contribution in [2.45, 2.75) is 12.8 Å². The Morgan fingerprint density at radius 1 is 1.07 bits per heavy atom. The van der Waals surface area contributed by atoms with Crippen LogP contribution < -0.4 is 16.2 Å². The van der Waals surface area contributed by atoms with Gasteiger partial charge in [0.1, 0.15) is 11.6 Å². The third kappa shape index (κ3) is 2.24. The number of fused-ring (bicyclic) bond motifs is 4. The lowest BCUT2D eigenvalue weighted by Crippen LogP contribution is -2.02. The summed E-state index contributed by atoms with van der Waals surface area (Å²) in [5, 5.41) is 2.62. The van der Waals surface area contributed by atoms with Gasteiger partial charge in [0.15, 0.2) is 6.29 Å². The number of carbonyl (C=O) groups is 1. The fraction of sp³-hybridized carbons (Fsp3) is 0.136. The van der Waals surface area contributed by atoms with E-state index in [-0.39, 0.29) is 11.9 Å². The Morgan fingerprint density at radius 3 is 2.64 bits per heavy atom. The topological polar surface area (TPSA) is 104 Å². The Kier molecular flexibility index (Phi) is 3.49. The number of rotatable bonds is 2. The number of nitrogens with two attached hydrogens (primary N) is 2. The molecule has 0 bridgehead atoms. The summed E-state index contributed by atoms with van der Waals surface area (Å²) in [5.74, 6) is 1.36. The van der Waals surface area contributed by atoms with Crippen LogP contribution in [0.4, 0.5) is 11.8 Å². The Bertz CT molecular complexity index is 1280. The highest BCUT2D eigenvalue weighted by atomic mass is 16.5. The predicted octanol–water partition coefficient (Wildman–Crippen LogP) is 3.92. The average Bonchev–Trinajstić information content (AvgIpc) is 3.07. The van der Waals surface area contributed by atoms with Gasteiger partial charge >= 0.3 is 0 Å². The van der Waals surface area contributed by atoms with Crippen molar-refractivity contribution in [3.63, 3.8) is 0 Å². The Hall–Kier alpha value is -3.67. The summed E-state index contributed by atoms with van der Waals surface area (Å²) in [7, 11) is 0. The van der Waals surface area contributed by atoms with Crippen molar-refractivity contribution in [2.75, 3.05) is 18.1 Å². The molecule has 6 heteroatoms. The molecule has 1 unspecified atom stereocenters. The average molecular weight is 370 g/mol. The molecule has 0 fully saturated rings. The van der Waals surface area contributed by atoms with Crippen molar-refractivity contribution in [3.8, 4) is 16.9 Å². The third-order valence-corrected chi connectivity index (χ3v) is 5.37. The minimum atomic E-state index is 0.128. The lowest BCUT2D eigenvalue weighted by molar-refractivity contribution is 0.112. The molecule has 4 aromatic rings. The van der Waals surface area contributed by atoms with Crippen molar-refractivity contribution in [1.29, 1.82) is 0 Å². The van der Waals surface area contributed by atoms with E-state index in [2.05, 4.69) is 16.9 Å². The van der Waals surface area contributed by atoms with Crippen LogP contribution in [0.2, 0.25) is 0 Å². The highest BCUT2D eigenvalue weighted by molar-refractivity contribution is 6.08. The second kappa shape index (κ2) is 5.92. The van der Waals surface area contributed by atoms with Crippen LogP contribution in [0, 0.1) is 0 Å². The molecule has 1 aromatic heterocycles. The summed E-state index contributed by atoms with van der Waals surface area (Å²) in [6.45, 7) is 2.69. The Balaban J connectivity index is 1.92. The van der Waals surface area contributed by atoms with E-state index in [0.29, 0.717) is 28.9 Å². The van der Waals surface area contributed by atoms with Gasteiger partial charge in [-0.2, -0.15) is 4.98 Å². The van der Waals surface area contributed by atoms with Gasteiger partial charge in [-0.15, -0.1) is 0 Å². The molecule has 3 aromatic carbocycles. The normalized spacial score (nSPS) is 15.5. The van der Waals surface area contributed by atoms with Gasteiger partial charge in [-0.1, -0.05) is 43.3 Å². The standard InChI is InChI=1S/C22H18N4O2/c1-11-10-28-20-18(11)16(8-17-19(20)21(23)26-22(24)25-17)15-7-6-12(9-27)13-4-2-3-5-14(13)15/h2-9,11H,10H2,1H3,(H4,23,24,25,26). The van der Waals surface area contributed by atoms with E-state index >= 15 is 0 Å². The SMILES string of the molecule is CC1COc2c1c(-c1ccc(C=O)c3ccccc13)cc1nc(N)nc(N)c21. The Morgan fingerprint density at radius 2 is 1.86 bits per heavy atom. The van der Waals surface area contributed by atoms with Crippen molar-refractivity contribution in [1.82, 2.24) is 9.97 Å². The summed E-state index contributed by atoms with van der Waals surface area (Å²) in [5.41, 5.74) is 16.4. The first-order valence-electron chi connectivity index (χ1n) is 9.08. The monoisotopic (exact) mass is 370 g/mol. The molecular formula is C22H18N4O2. The van der Waals surface area contributed by atoms with Crippen molar-refractivity contribution >= 4 is 39.7 Å². The summed E-state index contributed by atoms with van der Waals surface area (Å²) in [6, 6.07) is 13.7. The van der Waals surface area contributed by atoms with Gasteiger partial charge in [0.2, 0.25) is 5.95 Å². The minimum absolute atomic E-state index is 0.128. The van der Waals surface area contributed by atoms with E-state index in [0.717, 1.165) is 39.5 Å². The van der Waals surface area contributed by atoms with Crippen LogP contribution >= 0.6 is 0 Å². The largest absolute Gasteiger partial charge is 0.492 e. The summed E-state index contributed by atoms with van der Waals surface area (Å²) >= 11 is 0. The summed E-state index contributed by atoms with van der Waals surface area (Å²) in [4.78, 5) is 20.0. The molecule has 0 aliphatic carbocycles. The molecule has 6 nitrogen and oxygen atoms in total. The first kappa shape index (κ1) is 16.5. The first-order chi connectivity index (χ1) is 13.6. The maximum Gasteiger partial charge on any atom is 0.222 e. The molecule has 0 amide bonds. The lowest BCUT2D eigenvalue weighted by Gasteiger charge is -2.16. The number of nitrogen functional groups attached to an aromatic ring is 2. The number of hydrogen-bond acceptors (Lipinski definition) is 6. The molecular weight excluding hydrogens is 352 g/mol. The highest BCUT2D eigenvalue weighted by Crippen LogP contribution is 2.48. The van der Waals surface area contributed by atoms with Crippen LogP contribution in [0.1, 0.15) is 28.8 Å². The third-order valence-electron chi connectivity index (χ3n) is 5.37. The van der Waals surface area contributed by atoms with Gasteiger partial charge < -0.3 is 16.2 Å². The fourth-order valence-electron chi connectivity index (χ4n) is 4.14. The molecule has 2 heterocycles. The lowest BCUT2D eigenvalue weighted by atomic mass is 9.87. The van der Waals surface area contributed by atoms with Gasteiger partial charge in [-0.3, -0.25) is 4.79 Å². The number of aldehydes is 1. The van der Waals surface area contributed by atoms with E-state index in [4.69, 9.17) is 16.2 Å². The molecule has 5 rings (SSSR count). The number of anilines is 2. The molecule has 0 radical (unpaired) electrons. The molecule has 0 saturated heterocycles.